The first-order chi connectivity index (χ1) is 8.34. The van der Waals surface area contributed by atoms with Gasteiger partial charge in [0.05, 0.1) is 5.52 Å². The summed E-state index contributed by atoms with van der Waals surface area (Å²) < 4.78 is 0. The number of benzene rings is 1. The zero-order valence-corrected chi connectivity index (χ0v) is 10.2. The van der Waals surface area contributed by atoms with E-state index in [1.807, 2.05) is 12.3 Å². The minimum absolute atomic E-state index is 0.631. The molecule has 0 aliphatic carbocycles. The number of rotatable bonds is 1. The summed E-state index contributed by atoms with van der Waals surface area (Å²) in [5, 5.41) is 4.84. The SMILES string of the molecule is CC1CNCC(c2cccc3ncccc23)C1. The van der Waals surface area contributed by atoms with Crippen molar-refractivity contribution < 1.29 is 0 Å². The highest BCUT2D eigenvalue weighted by Gasteiger charge is 2.21. The molecule has 2 nitrogen and oxygen atoms in total. The fourth-order valence-corrected chi connectivity index (χ4v) is 2.88. The molecule has 2 unspecified atom stereocenters. The van der Waals surface area contributed by atoms with Crippen molar-refractivity contribution in [1.29, 1.82) is 0 Å². The summed E-state index contributed by atoms with van der Waals surface area (Å²) in [7, 11) is 0. The summed E-state index contributed by atoms with van der Waals surface area (Å²) in [6, 6.07) is 10.7. The van der Waals surface area contributed by atoms with Gasteiger partial charge in [-0.2, -0.15) is 0 Å². The van der Waals surface area contributed by atoms with Crippen LogP contribution >= 0.6 is 0 Å². The van der Waals surface area contributed by atoms with E-state index in [-0.39, 0.29) is 0 Å². The molecule has 2 heteroatoms. The molecule has 0 radical (unpaired) electrons. The van der Waals surface area contributed by atoms with Gasteiger partial charge in [0, 0.05) is 18.1 Å². The molecule has 0 amide bonds. The van der Waals surface area contributed by atoms with E-state index in [0.29, 0.717) is 5.92 Å². The van der Waals surface area contributed by atoms with Crippen LogP contribution in [0.3, 0.4) is 0 Å². The first-order valence-electron chi connectivity index (χ1n) is 6.39. The fourth-order valence-electron chi connectivity index (χ4n) is 2.88. The Morgan fingerprint density at radius 3 is 3.00 bits per heavy atom. The molecule has 1 aromatic carbocycles. The van der Waals surface area contributed by atoms with E-state index >= 15 is 0 Å². The van der Waals surface area contributed by atoms with Gasteiger partial charge in [0.25, 0.3) is 0 Å². The highest BCUT2D eigenvalue weighted by molar-refractivity contribution is 5.82. The van der Waals surface area contributed by atoms with Crippen molar-refractivity contribution in [3.05, 3.63) is 42.1 Å². The maximum absolute atomic E-state index is 4.44. The summed E-state index contributed by atoms with van der Waals surface area (Å²) >= 11 is 0. The van der Waals surface area contributed by atoms with Crippen LogP contribution in [0.2, 0.25) is 0 Å². The second-order valence-corrected chi connectivity index (χ2v) is 5.11. The Kier molecular flexibility index (Phi) is 2.81. The lowest BCUT2D eigenvalue weighted by Crippen LogP contribution is -2.33. The molecule has 0 saturated carbocycles. The van der Waals surface area contributed by atoms with Gasteiger partial charge in [-0.05, 0) is 42.5 Å². The van der Waals surface area contributed by atoms with Crippen LogP contribution < -0.4 is 5.32 Å². The average molecular weight is 226 g/mol. The van der Waals surface area contributed by atoms with Crippen LogP contribution in [-0.4, -0.2) is 18.1 Å². The van der Waals surface area contributed by atoms with Crippen molar-refractivity contribution in [3.8, 4) is 0 Å². The fraction of sp³-hybridized carbons (Fsp3) is 0.400. The lowest BCUT2D eigenvalue weighted by atomic mass is 9.85. The number of aromatic nitrogens is 1. The minimum atomic E-state index is 0.631. The van der Waals surface area contributed by atoms with Gasteiger partial charge in [0.2, 0.25) is 0 Å². The van der Waals surface area contributed by atoms with Crippen LogP contribution in [0.15, 0.2) is 36.5 Å². The molecule has 2 atom stereocenters. The zero-order chi connectivity index (χ0) is 11.7. The molecule has 2 aromatic rings. The lowest BCUT2D eigenvalue weighted by molar-refractivity contribution is 0.365. The largest absolute Gasteiger partial charge is 0.316 e. The van der Waals surface area contributed by atoms with E-state index in [1.54, 1.807) is 0 Å². The van der Waals surface area contributed by atoms with E-state index in [0.717, 1.165) is 24.5 Å². The summed E-state index contributed by atoms with van der Waals surface area (Å²) in [6.07, 6.45) is 3.15. The number of hydrogen-bond donors (Lipinski definition) is 1. The molecule has 0 bridgehead atoms. The van der Waals surface area contributed by atoms with Crippen molar-refractivity contribution in [3.63, 3.8) is 0 Å². The van der Waals surface area contributed by atoms with Gasteiger partial charge in [-0.3, -0.25) is 4.98 Å². The van der Waals surface area contributed by atoms with Gasteiger partial charge in [-0.15, -0.1) is 0 Å². The molecule has 1 fully saturated rings. The predicted molar refractivity (Wildman–Crippen MR) is 71.1 cm³/mol. The molecule has 0 spiro atoms. The number of nitrogens with one attached hydrogen (secondary N) is 1. The summed E-state index contributed by atoms with van der Waals surface area (Å²) in [5.74, 6) is 1.40. The number of nitrogens with zero attached hydrogens (tertiary/aromatic N) is 1. The Morgan fingerprint density at radius 1 is 1.18 bits per heavy atom. The van der Waals surface area contributed by atoms with E-state index < -0.39 is 0 Å². The molecule has 1 aliphatic heterocycles. The molecule has 3 rings (SSSR count). The van der Waals surface area contributed by atoms with Gasteiger partial charge in [0.15, 0.2) is 0 Å². The first kappa shape index (κ1) is 10.7. The molecule has 88 valence electrons. The van der Waals surface area contributed by atoms with Crippen molar-refractivity contribution in [2.45, 2.75) is 19.3 Å². The monoisotopic (exact) mass is 226 g/mol. The second-order valence-electron chi connectivity index (χ2n) is 5.11. The van der Waals surface area contributed by atoms with E-state index in [2.05, 4.69) is 41.5 Å². The van der Waals surface area contributed by atoms with Crippen LogP contribution in [0.5, 0.6) is 0 Å². The average Bonchev–Trinajstić information content (AvgIpc) is 2.38. The van der Waals surface area contributed by atoms with Crippen LogP contribution in [-0.2, 0) is 0 Å². The van der Waals surface area contributed by atoms with Crippen molar-refractivity contribution in [2.24, 2.45) is 5.92 Å². The summed E-state index contributed by atoms with van der Waals surface area (Å²) in [4.78, 5) is 4.44. The Morgan fingerprint density at radius 2 is 2.12 bits per heavy atom. The smallest absolute Gasteiger partial charge is 0.0704 e. The number of pyridine rings is 1. The number of fused-ring (bicyclic) bond motifs is 1. The highest BCUT2D eigenvalue weighted by Crippen LogP contribution is 2.30. The molecular weight excluding hydrogens is 208 g/mol. The standard InChI is InChI=1S/C15H18N2/c1-11-8-12(10-16-9-11)13-4-2-6-15-14(13)5-3-7-17-15/h2-7,11-12,16H,8-10H2,1H3. The van der Waals surface area contributed by atoms with Crippen molar-refractivity contribution >= 4 is 10.9 Å². The molecular formula is C15H18N2. The van der Waals surface area contributed by atoms with Crippen molar-refractivity contribution in [2.75, 3.05) is 13.1 Å². The molecule has 1 saturated heterocycles. The Bertz CT molecular complexity index is 516. The van der Waals surface area contributed by atoms with Crippen LogP contribution in [0.1, 0.15) is 24.8 Å². The molecule has 1 aromatic heterocycles. The topological polar surface area (TPSA) is 24.9 Å². The summed E-state index contributed by atoms with van der Waals surface area (Å²) in [6.45, 7) is 4.57. The van der Waals surface area contributed by atoms with Crippen molar-refractivity contribution in [1.82, 2.24) is 10.3 Å². The predicted octanol–water partition coefficient (Wildman–Crippen LogP) is 2.95. The maximum atomic E-state index is 4.44. The Labute approximate surface area is 102 Å². The van der Waals surface area contributed by atoms with Gasteiger partial charge in [0.1, 0.15) is 0 Å². The van der Waals surface area contributed by atoms with Crippen LogP contribution in [0.4, 0.5) is 0 Å². The van der Waals surface area contributed by atoms with E-state index in [1.165, 1.54) is 17.4 Å². The molecule has 17 heavy (non-hydrogen) atoms. The van der Waals surface area contributed by atoms with Gasteiger partial charge < -0.3 is 5.32 Å². The third-order valence-corrected chi connectivity index (χ3v) is 3.69. The molecule has 1 aliphatic rings. The lowest BCUT2D eigenvalue weighted by Gasteiger charge is -2.28. The van der Waals surface area contributed by atoms with Gasteiger partial charge in [-0.1, -0.05) is 25.1 Å². The molecule has 2 heterocycles. The Balaban J connectivity index is 2.04. The van der Waals surface area contributed by atoms with Gasteiger partial charge in [-0.25, -0.2) is 0 Å². The van der Waals surface area contributed by atoms with E-state index in [9.17, 15) is 0 Å². The minimum Gasteiger partial charge on any atom is -0.316 e. The Hall–Kier alpha value is -1.41. The highest BCUT2D eigenvalue weighted by atomic mass is 14.9. The van der Waals surface area contributed by atoms with Crippen LogP contribution in [0, 0.1) is 5.92 Å². The quantitative estimate of drug-likeness (QED) is 0.808. The maximum Gasteiger partial charge on any atom is 0.0704 e. The van der Waals surface area contributed by atoms with Crippen LogP contribution in [0.25, 0.3) is 10.9 Å². The zero-order valence-electron chi connectivity index (χ0n) is 10.2. The normalized spacial score (nSPS) is 25.0. The second kappa shape index (κ2) is 4.46. The third kappa shape index (κ3) is 2.05. The third-order valence-electron chi connectivity index (χ3n) is 3.69. The van der Waals surface area contributed by atoms with Gasteiger partial charge >= 0.3 is 0 Å². The first-order valence-corrected chi connectivity index (χ1v) is 6.39. The number of piperidine rings is 1. The molecule has 1 N–H and O–H groups in total. The van der Waals surface area contributed by atoms with E-state index in [4.69, 9.17) is 0 Å². The summed E-state index contributed by atoms with van der Waals surface area (Å²) in [5.41, 5.74) is 2.57. The number of hydrogen-bond acceptors (Lipinski definition) is 2.